The molecule has 0 amide bonds. The lowest BCUT2D eigenvalue weighted by Crippen LogP contribution is -2.63. The van der Waals surface area contributed by atoms with Gasteiger partial charge in [0, 0.05) is 12.0 Å². The molecule has 2 heterocycles. The number of ether oxygens (including phenoxy) is 1. The molecule has 1 saturated carbocycles. The second kappa shape index (κ2) is 2.96. The summed E-state index contributed by atoms with van der Waals surface area (Å²) >= 11 is 0. The van der Waals surface area contributed by atoms with Gasteiger partial charge in [-0.2, -0.15) is 0 Å². The highest BCUT2D eigenvalue weighted by Gasteiger charge is 2.65. The lowest BCUT2D eigenvalue weighted by atomic mass is 9.53. The number of hydrogen-bond acceptors (Lipinski definition) is 3. The fourth-order valence-electron chi connectivity index (χ4n) is 4.19. The lowest BCUT2D eigenvalue weighted by Gasteiger charge is -2.55. The van der Waals surface area contributed by atoms with E-state index in [-0.39, 0.29) is 11.5 Å². The topological polar surface area (TPSA) is 55.5 Å². The van der Waals surface area contributed by atoms with Crippen molar-refractivity contribution in [2.75, 3.05) is 6.54 Å². The van der Waals surface area contributed by atoms with Gasteiger partial charge in [-0.25, -0.2) is 0 Å². The molecule has 3 atom stereocenters. The van der Waals surface area contributed by atoms with Crippen LogP contribution in [0.5, 0.6) is 0 Å². The highest BCUT2D eigenvalue weighted by molar-refractivity contribution is 5.15. The van der Waals surface area contributed by atoms with Crippen molar-refractivity contribution in [3.63, 3.8) is 0 Å². The van der Waals surface area contributed by atoms with Crippen LogP contribution < -0.4 is 5.73 Å². The summed E-state index contributed by atoms with van der Waals surface area (Å²) in [6.45, 7) is 2.78. The summed E-state index contributed by atoms with van der Waals surface area (Å²) in [5.74, 6) is 0.651. The predicted molar refractivity (Wildman–Crippen MR) is 57.3 cm³/mol. The SMILES string of the molecule is CC1CC(O)(C2(CN)CC3CCC2O3)C1. The van der Waals surface area contributed by atoms with Crippen LogP contribution in [0.25, 0.3) is 0 Å². The molecule has 1 aliphatic carbocycles. The molecule has 3 heteroatoms. The summed E-state index contributed by atoms with van der Waals surface area (Å²) in [6.07, 6.45) is 5.67. The maximum Gasteiger partial charge on any atom is 0.0746 e. The molecule has 3 rings (SSSR count). The first-order valence-electron chi connectivity index (χ1n) is 6.17. The maximum absolute atomic E-state index is 10.7. The smallest absolute Gasteiger partial charge is 0.0746 e. The molecule has 2 bridgehead atoms. The van der Waals surface area contributed by atoms with E-state index in [1.54, 1.807) is 0 Å². The molecule has 0 radical (unpaired) electrons. The largest absolute Gasteiger partial charge is 0.389 e. The molecule has 2 saturated heterocycles. The van der Waals surface area contributed by atoms with Crippen LogP contribution in [0.3, 0.4) is 0 Å². The van der Waals surface area contributed by atoms with Gasteiger partial charge in [-0.3, -0.25) is 0 Å². The van der Waals surface area contributed by atoms with Gasteiger partial charge in [0.05, 0.1) is 17.8 Å². The summed E-state index contributed by atoms with van der Waals surface area (Å²) in [7, 11) is 0. The van der Waals surface area contributed by atoms with E-state index in [9.17, 15) is 5.11 Å². The van der Waals surface area contributed by atoms with E-state index in [2.05, 4.69) is 6.92 Å². The van der Waals surface area contributed by atoms with Crippen molar-refractivity contribution in [2.45, 2.75) is 56.8 Å². The molecule has 2 aliphatic heterocycles. The van der Waals surface area contributed by atoms with Crippen LogP contribution in [0.15, 0.2) is 0 Å². The Labute approximate surface area is 91.0 Å². The Balaban J connectivity index is 1.87. The summed E-state index contributed by atoms with van der Waals surface area (Å²) in [4.78, 5) is 0. The van der Waals surface area contributed by atoms with Crippen LogP contribution >= 0.6 is 0 Å². The number of nitrogens with two attached hydrogens (primary N) is 1. The number of rotatable bonds is 2. The standard InChI is InChI=1S/C12H21NO2/c1-8-4-12(14,5-8)11(7-13)6-9-2-3-10(11)15-9/h8-10,14H,2-7,13H2,1H3. The zero-order chi connectivity index (χ0) is 10.7. The molecule has 86 valence electrons. The Bertz CT molecular complexity index is 275. The minimum Gasteiger partial charge on any atom is -0.389 e. The molecule has 3 nitrogen and oxygen atoms in total. The lowest BCUT2D eigenvalue weighted by molar-refractivity contribution is -0.179. The molecule has 3 N–H and O–H groups in total. The van der Waals surface area contributed by atoms with Gasteiger partial charge in [-0.05, 0) is 38.0 Å². The molecule has 3 aliphatic rings. The second-order valence-electron chi connectivity index (χ2n) is 5.93. The summed E-state index contributed by atoms with van der Waals surface area (Å²) in [6, 6.07) is 0. The van der Waals surface area contributed by atoms with Crippen LogP contribution in [0.4, 0.5) is 0 Å². The molecular formula is C12H21NO2. The van der Waals surface area contributed by atoms with Gasteiger partial charge >= 0.3 is 0 Å². The predicted octanol–water partition coefficient (Wildman–Crippen LogP) is 1.04. The van der Waals surface area contributed by atoms with Gasteiger partial charge < -0.3 is 15.6 Å². The van der Waals surface area contributed by atoms with Gasteiger partial charge in [0.15, 0.2) is 0 Å². The summed E-state index contributed by atoms with van der Waals surface area (Å²) in [5, 5.41) is 10.7. The molecule has 0 aromatic rings. The van der Waals surface area contributed by atoms with Crippen LogP contribution in [0.2, 0.25) is 0 Å². The Kier molecular flexibility index (Phi) is 1.99. The number of fused-ring (bicyclic) bond motifs is 2. The van der Waals surface area contributed by atoms with E-state index >= 15 is 0 Å². The normalized spacial score (nSPS) is 58.2. The van der Waals surface area contributed by atoms with E-state index in [1.165, 1.54) is 0 Å². The third-order valence-corrected chi connectivity index (χ3v) is 4.98. The Hall–Kier alpha value is -0.120. The first kappa shape index (κ1) is 10.1. The van der Waals surface area contributed by atoms with Crippen molar-refractivity contribution >= 4 is 0 Å². The maximum atomic E-state index is 10.7. The van der Waals surface area contributed by atoms with Crippen molar-refractivity contribution in [2.24, 2.45) is 17.1 Å². The number of aliphatic hydroxyl groups is 1. The quantitative estimate of drug-likeness (QED) is 0.717. The van der Waals surface area contributed by atoms with Gasteiger partial charge in [-0.1, -0.05) is 6.92 Å². The third kappa shape index (κ3) is 1.12. The average Bonchev–Trinajstić information content (AvgIpc) is 2.74. The first-order valence-corrected chi connectivity index (χ1v) is 6.17. The summed E-state index contributed by atoms with van der Waals surface area (Å²) < 4.78 is 5.90. The van der Waals surface area contributed by atoms with Crippen LogP contribution in [-0.2, 0) is 4.74 Å². The monoisotopic (exact) mass is 211 g/mol. The van der Waals surface area contributed by atoms with E-state index < -0.39 is 5.60 Å². The van der Waals surface area contributed by atoms with Crippen molar-refractivity contribution in [1.82, 2.24) is 0 Å². The molecule has 0 aromatic carbocycles. The van der Waals surface area contributed by atoms with Crippen molar-refractivity contribution < 1.29 is 9.84 Å². The minimum atomic E-state index is -0.527. The fourth-order valence-corrected chi connectivity index (χ4v) is 4.19. The van der Waals surface area contributed by atoms with Gasteiger partial charge in [0.1, 0.15) is 0 Å². The van der Waals surface area contributed by atoms with Gasteiger partial charge in [-0.15, -0.1) is 0 Å². The molecular weight excluding hydrogens is 190 g/mol. The molecule has 0 spiro atoms. The highest BCUT2D eigenvalue weighted by atomic mass is 16.5. The highest BCUT2D eigenvalue weighted by Crippen LogP contribution is 2.60. The third-order valence-electron chi connectivity index (χ3n) is 4.98. The second-order valence-corrected chi connectivity index (χ2v) is 5.93. The van der Waals surface area contributed by atoms with Crippen LogP contribution in [0.1, 0.15) is 39.0 Å². The molecule has 0 aromatic heterocycles. The van der Waals surface area contributed by atoms with Crippen LogP contribution in [-0.4, -0.2) is 29.5 Å². The minimum absolute atomic E-state index is 0.123. The van der Waals surface area contributed by atoms with E-state index in [4.69, 9.17) is 10.5 Å². The Morgan fingerprint density at radius 3 is 2.47 bits per heavy atom. The number of hydrogen-bond donors (Lipinski definition) is 2. The van der Waals surface area contributed by atoms with E-state index in [0.29, 0.717) is 18.6 Å². The Morgan fingerprint density at radius 2 is 2.07 bits per heavy atom. The first-order chi connectivity index (χ1) is 7.10. The Morgan fingerprint density at radius 1 is 1.33 bits per heavy atom. The van der Waals surface area contributed by atoms with Crippen LogP contribution in [0, 0.1) is 11.3 Å². The molecule has 3 unspecified atom stereocenters. The van der Waals surface area contributed by atoms with E-state index in [0.717, 1.165) is 32.1 Å². The molecule has 3 fully saturated rings. The summed E-state index contributed by atoms with van der Waals surface area (Å²) in [5.41, 5.74) is 5.31. The van der Waals surface area contributed by atoms with E-state index in [1.807, 2.05) is 0 Å². The molecule has 15 heavy (non-hydrogen) atoms. The zero-order valence-corrected chi connectivity index (χ0v) is 9.41. The average molecular weight is 211 g/mol. The van der Waals surface area contributed by atoms with Crippen molar-refractivity contribution in [1.29, 1.82) is 0 Å². The van der Waals surface area contributed by atoms with Gasteiger partial charge in [0.25, 0.3) is 0 Å². The van der Waals surface area contributed by atoms with Crippen molar-refractivity contribution in [3.05, 3.63) is 0 Å². The fraction of sp³-hybridized carbons (Fsp3) is 1.00. The van der Waals surface area contributed by atoms with Gasteiger partial charge in [0.2, 0.25) is 0 Å². The van der Waals surface area contributed by atoms with Crippen molar-refractivity contribution in [3.8, 4) is 0 Å². The zero-order valence-electron chi connectivity index (χ0n) is 9.41.